The number of aromatic nitrogens is 1. The van der Waals surface area contributed by atoms with Crippen LogP contribution in [0.15, 0.2) is 36.4 Å². The Labute approximate surface area is 128 Å². The van der Waals surface area contributed by atoms with E-state index >= 15 is 0 Å². The third-order valence-electron chi connectivity index (χ3n) is 2.79. The van der Waals surface area contributed by atoms with Crippen molar-refractivity contribution in [3.05, 3.63) is 47.1 Å². The summed E-state index contributed by atoms with van der Waals surface area (Å²) >= 11 is 5.89. The Balaban J connectivity index is 2.27. The van der Waals surface area contributed by atoms with Crippen LogP contribution in [0.2, 0.25) is 5.15 Å². The molecule has 0 aliphatic carbocycles. The fourth-order valence-electron chi connectivity index (χ4n) is 1.76. The van der Waals surface area contributed by atoms with E-state index in [-0.39, 0.29) is 10.7 Å². The Kier molecular flexibility index (Phi) is 4.81. The van der Waals surface area contributed by atoms with Gasteiger partial charge >= 0.3 is 5.97 Å². The van der Waals surface area contributed by atoms with Crippen LogP contribution in [-0.4, -0.2) is 22.7 Å². The summed E-state index contributed by atoms with van der Waals surface area (Å²) in [6.45, 7) is 4.79. The predicted molar refractivity (Wildman–Crippen MR) is 82.0 cm³/mol. The van der Waals surface area contributed by atoms with Crippen molar-refractivity contribution < 1.29 is 14.6 Å². The average Bonchev–Trinajstić information content (AvgIpc) is 2.45. The molecule has 2 rings (SSSR count). The summed E-state index contributed by atoms with van der Waals surface area (Å²) in [5.41, 5.74) is 1.43. The summed E-state index contributed by atoms with van der Waals surface area (Å²) in [4.78, 5) is 15.1. The number of halogens is 1. The molecule has 1 aromatic carbocycles. The Hall–Kier alpha value is -2.07. The molecule has 0 fully saturated rings. The largest absolute Gasteiger partial charge is 0.493 e. The number of aromatic carboxylic acids is 1. The van der Waals surface area contributed by atoms with Crippen LogP contribution < -0.4 is 4.74 Å². The second kappa shape index (κ2) is 6.59. The van der Waals surface area contributed by atoms with E-state index in [0.717, 1.165) is 11.3 Å². The highest BCUT2D eigenvalue weighted by Crippen LogP contribution is 2.25. The molecule has 0 saturated carbocycles. The van der Waals surface area contributed by atoms with Crippen molar-refractivity contribution in [2.24, 2.45) is 5.92 Å². The molecule has 2 aromatic rings. The molecule has 4 nitrogen and oxygen atoms in total. The number of benzene rings is 1. The minimum Gasteiger partial charge on any atom is -0.493 e. The molecule has 0 atom stereocenters. The fourth-order valence-corrected chi connectivity index (χ4v) is 2.00. The summed E-state index contributed by atoms with van der Waals surface area (Å²) in [7, 11) is 0. The van der Waals surface area contributed by atoms with E-state index in [2.05, 4.69) is 18.8 Å². The zero-order chi connectivity index (χ0) is 15.4. The molecule has 21 heavy (non-hydrogen) atoms. The molecule has 1 aromatic heterocycles. The number of carboxylic acids is 1. The van der Waals surface area contributed by atoms with Gasteiger partial charge in [0.1, 0.15) is 10.9 Å². The van der Waals surface area contributed by atoms with E-state index in [0.29, 0.717) is 18.2 Å². The van der Waals surface area contributed by atoms with E-state index < -0.39 is 5.97 Å². The predicted octanol–water partition coefficient (Wildman–Crippen LogP) is 4.14. The summed E-state index contributed by atoms with van der Waals surface area (Å²) < 4.78 is 5.67. The number of hydrogen-bond acceptors (Lipinski definition) is 3. The fraction of sp³-hybridized carbons (Fsp3) is 0.250. The first-order valence-corrected chi connectivity index (χ1v) is 6.98. The third-order valence-corrected chi connectivity index (χ3v) is 3.08. The number of ether oxygens (including phenoxy) is 1. The monoisotopic (exact) mass is 305 g/mol. The number of rotatable bonds is 5. The second-order valence-corrected chi connectivity index (χ2v) is 5.43. The van der Waals surface area contributed by atoms with Crippen LogP contribution in [0.4, 0.5) is 0 Å². The van der Waals surface area contributed by atoms with Crippen molar-refractivity contribution in [1.29, 1.82) is 0 Å². The summed E-state index contributed by atoms with van der Waals surface area (Å²) in [6.07, 6.45) is 0. The first-order valence-electron chi connectivity index (χ1n) is 6.60. The Morgan fingerprint density at radius 1 is 1.33 bits per heavy atom. The standard InChI is InChI=1S/C16H16ClNO3/c1-10(2)9-21-12-5-3-4-11(8-12)14-7-6-13(16(19)20)15(17)18-14/h3-8,10H,9H2,1-2H3,(H,19,20). The lowest BCUT2D eigenvalue weighted by molar-refractivity contribution is 0.0696. The van der Waals surface area contributed by atoms with Gasteiger partial charge in [0.2, 0.25) is 0 Å². The van der Waals surface area contributed by atoms with E-state index in [1.807, 2.05) is 24.3 Å². The summed E-state index contributed by atoms with van der Waals surface area (Å²) in [5.74, 6) is 0.102. The van der Waals surface area contributed by atoms with Crippen LogP contribution in [0.1, 0.15) is 24.2 Å². The lowest BCUT2D eigenvalue weighted by atomic mass is 10.1. The second-order valence-electron chi connectivity index (χ2n) is 5.07. The van der Waals surface area contributed by atoms with E-state index in [1.54, 1.807) is 6.07 Å². The van der Waals surface area contributed by atoms with Gasteiger partial charge in [0.25, 0.3) is 0 Å². The highest BCUT2D eigenvalue weighted by molar-refractivity contribution is 6.32. The van der Waals surface area contributed by atoms with Crippen molar-refractivity contribution in [2.45, 2.75) is 13.8 Å². The number of nitrogens with zero attached hydrogens (tertiary/aromatic N) is 1. The molecule has 1 N–H and O–H groups in total. The normalized spacial score (nSPS) is 10.7. The number of carbonyl (C=O) groups is 1. The molecule has 1 heterocycles. The molecule has 0 radical (unpaired) electrons. The van der Waals surface area contributed by atoms with Crippen LogP contribution in [0.25, 0.3) is 11.3 Å². The highest BCUT2D eigenvalue weighted by Gasteiger charge is 2.11. The van der Waals surface area contributed by atoms with Gasteiger partial charge in [0.15, 0.2) is 0 Å². The SMILES string of the molecule is CC(C)COc1cccc(-c2ccc(C(=O)O)c(Cl)n2)c1. The Morgan fingerprint density at radius 3 is 2.71 bits per heavy atom. The van der Waals surface area contributed by atoms with Crippen LogP contribution in [-0.2, 0) is 0 Å². The topological polar surface area (TPSA) is 59.4 Å². The van der Waals surface area contributed by atoms with Gasteiger partial charge in [-0.1, -0.05) is 37.6 Å². The van der Waals surface area contributed by atoms with Gasteiger partial charge in [-0.15, -0.1) is 0 Å². The van der Waals surface area contributed by atoms with Gasteiger partial charge in [-0.2, -0.15) is 0 Å². The smallest absolute Gasteiger partial charge is 0.338 e. The number of pyridine rings is 1. The lowest BCUT2D eigenvalue weighted by Crippen LogP contribution is -2.04. The molecule has 0 aliphatic heterocycles. The molecule has 0 aliphatic rings. The molecule has 110 valence electrons. The molecule has 0 bridgehead atoms. The van der Waals surface area contributed by atoms with Crippen LogP contribution >= 0.6 is 11.6 Å². The van der Waals surface area contributed by atoms with Gasteiger partial charge in [-0.25, -0.2) is 9.78 Å². The number of carboxylic acid groups (broad SMARTS) is 1. The van der Waals surface area contributed by atoms with Gasteiger partial charge in [-0.3, -0.25) is 0 Å². The molecular formula is C16H16ClNO3. The average molecular weight is 306 g/mol. The van der Waals surface area contributed by atoms with E-state index in [9.17, 15) is 4.79 Å². The first-order chi connectivity index (χ1) is 9.97. The molecular weight excluding hydrogens is 290 g/mol. The molecule has 0 saturated heterocycles. The van der Waals surface area contributed by atoms with Gasteiger partial charge in [-0.05, 0) is 30.2 Å². The quantitative estimate of drug-likeness (QED) is 0.844. The maximum absolute atomic E-state index is 10.9. The van der Waals surface area contributed by atoms with Crippen LogP contribution in [0.5, 0.6) is 5.75 Å². The van der Waals surface area contributed by atoms with Crippen molar-refractivity contribution >= 4 is 17.6 Å². The van der Waals surface area contributed by atoms with Crippen molar-refractivity contribution in [3.8, 4) is 17.0 Å². The molecule has 0 spiro atoms. The van der Waals surface area contributed by atoms with Crippen LogP contribution in [0.3, 0.4) is 0 Å². The summed E-state index contributed by atoms with van der Waals surface area (Å²) in [5, 5.41) is 8.93. The first kappa shape index (κ1) is 15.3. The zero-order valence-corrected chi connectivity index (χ0v) is 12.6. The maximum atomic E-state index is 10.9. The van der Waals surface area contributed by atoms with E-state index in [1.165, 1.54) is 6.07 Å². The number of hydrogen-bond donors (Lipinski definition) is 1. The zero-order valence-electron chi connectivity index (χ0n) is 11.8. The molecule has 5 heteroatoms. The molecule has 0 unspecified atom stereocenters. The lowest BCUT2D eigenvalue weighted by Gasteiger charge is -2.10. The van der Waals surface area contributed by atoms with Crippen molar-refractivity contribution in [2.75, 3.05) is 6.61 Å². The van der Waals surface area contributed by atoms with Crippen molar-refractivity contribution in [3.63, 3.8) is 0 Å². The molecule has 0 amide bonds. The van der Waals surface area contributed by atoms with E-state index in [4.69, 9.17) is 21.4 Å². The van der Waals surface area contributed by atoms with Gasteiger partial charge in [0.05, 0.1) is 17.9 Å². The van der Waals surface area contributed by atoms with Gasteiger partial charge < -0.3 is 9.84 Å². The Bertz CT molecular complexity index is 656. The third kappa shape index (κ3) is 3.95. The highest BCUT2D eigenvalue weighted by atomic mass is 35.5. The Morgan fingerprint density at radius 2 is 2.10 bits per heavy atom. The van der Waals surface area contributed by atoms with Crippen LogP contribution in [0, 0.1) is 5.92 Å². The van der Waals surface area contributed by atoms with Gasteiger partial charge in [0, 0.05) is 5.56 Å². The minimum atomic E-state index is -1.09. The minimum absolute atomic E-state index is 0.00682. The summed E-state index contributed by atoms with van der Waals surface area (Å²) in [6, 6.07) is 10.6. The maximum Gasteiger partial charge on any atom is 0.338 e. The van der Waals surface area contributed by atoms with Crippen molar-refractivity contribution in [1.82, 2.24) is 4.98 Å².